The van der Waals surface area contributed by atoms with Crippen LogP contribution in [0.4, 0.5) is 10.2 Å². The van der Waals surface area contributed by atoms with Crippen molar-refractivity contribution in [1.29, 1.82) is 0 Å². The Morgan fingerprint density at radius 2 is 2.14 bits per heavy atom. The smallest absolute Gasteiger partial charge is 0.333 e. The summed E-state index contributed by atoms with van der Waals surface area (Å²) < 4.78 is 44.3. The minimum absolute atomic E-state index is 0.0392. The van der Waals surface area contributed by atoms with Crippen molar-refractivity contribution in [3.05, 3.63) is 75.9 Å². The van der Waals surface area contributed by atoms with Gasteiger partial charge in [-0.05, 0) is 36.6 Å². The van der Waals surface area contributed by atoms with Crippen molar-refractivity contribution >= 4 is 37.8 Å². The first kappa shape index (κ1) is 26.4. The molecule has 2 heterocycles. The number of aryl methyl sites for hydroxylation is 1. The van der Waals surface area contributed by atoms with E-state index in [1.54, 1.807) is 6.20 Å². The number of nitrogens with one attached hydrogen (secondary N) is 1. The maximum atomic E-state index is 14.8. The molecule has 1 saturated carbocycles. The van der Waals surface area contributed by atoms with Crippen LogP contribution in [0, 0.1) is 12.8 Å². The molecule has 0 bridgehead atoms. The number of hydrogen-bond acceptors (Lipinski definition) is 8. The summed E-state index contributed by atoms with van der Waals surface area (Å²) >= 11 is 3.46. The van der Waals surface area contributed by atoms with Crippen LogP contribution >= 0.6 is 15.9 Å². The minimum atomic E-state index is -4.23. The molecule has 0 spiro atoms. The number of anilines is 1. The van der Waals surface area contributed by atoms with Gasteiger partial charge in [0.1, 0.15) is 18.3 Å². The number of halogens is 2. The van der Waals surface area contributed by atoms with Crippen LogP contribution in [0.1, 0.15) is 33.5 Å². The fraction of sp³-hybridized carbons (Fsp3) is 0.348. The summed E-state index contributed by atoms with van der Waals surface area (Å²) in [4.78, 5) is 21.5. The fourth-order valence-electron chi connectivity index (χ4n) is 4.31. The van der Waals surface area contributed by atoms with E-state index in [9.17, 15) is 22.7 Å². The molecule has 4 rings (SSSR count). The Labute approximate surface area is 216 Å². The second-order valence-electron chi connectivity index (χ2n) is 8.73. The Morgan fingerprint density at radius 3 is 2.86 bits per heavy atom. The van der Waals surface area contributed by atoms with Gasteiger partial charge in [0, 0.05) is 41.1 Å². The van der Waals surface area contributed by atoms with Gasteiger partial charge in [-0.2, -0.15) is 8.42 Å². The second kappa shape index (κ2) is 10.7. The molecule has 1 aliphatic rings. The van der Waals surface area contributed by atoms with Gasteiger partial charge in [-0.25, -0.2) is 19.5 Å². The maximum absolute atomic E-state index is 14.8. The van der Waals surface area contributed by atoms with Crippen LogP contribution in [0.3, 0.4) is 0 Å². The first-order valence-corrected chi connectivity index (χ1v) is 13.3. The van der Waals surface area contributed by atoms with Gasteiger partial charge in [0.25, 0.3) is 0 Å². The molecule has 36 heavy (non-hydrogen) atoms. The number of aliphatic hydroxyl groups excluding tert-OH is 1. The van der Waals surface area contributed by atoms with Gasteiger partial charge < -0.3 is 15.0 Å². The molecule has 10 nitrogen and oxygen atoms in total. The second-order valence-corrected chi connectivity index (χ2v) is 10.9. The number of alkyl halides is 1. The number of benzene rings is 1. The summed E-state index contributed by atoms with van der Waals surface area (Å²) in [6.07, 6.45) is 3.01. The van der Waals surface area contributed by atoms with Crippen molar-refractivity contribution in [3.63, 3.8) is 0 Å². The number of carbonyl (C=O) groups is 1. The van der Waals surface area contributed by atoms with Crippen LogP contribution in [0.25, 0.3) is 0 Å². The van der Waals surface area contributed by atoms with Gasteiger partial charge >= 0.3 is 10.3 Å². The predicted molar refractivity (Wildman–Crippen MR) is 133 cm³/mol. The molecule has 0 aliphatic heterocycles. The lowest BCUT2D eigenvalue weighted by Crippen LogP contribution is -2.33. The molecule has 4 atom stereocenters. The fourth-order valence-corrected chi connectivity index (χ4v) is 5.12. The van der Waals surface area contributed by atoms with Gasteiger partial charge in [0.15, 0.2) is 5.78 Å². The van der Waals surface area contributed by atoms with Gasteiger partial charge in [-0.1, -0.05) is 28.1 Å². The number of aromatic nitrogens is 3. The number of carbonyl (C=O) groups excluding carboxylic acids is 1. The van der Waals surface area contributed by atoms with Crippen LogP contribution in [-0.2, 0) is 21.0 Å². The quantitative estimate of drug-likeness (QED) is 0.326. The van der Waals surface area contributed by atoms with Gasteiger partial charge in [0.2, 0.25) is 0 Å². The number of rotatable bonds is 9. The lowest BCUT2D eigenvalue weighted by Gasteiger charge is -2.18. The SMILES string of the molecule is Cc1cn(Cc2cccc(Br)c2)cc1C(=O)c1cncnc1N[C@@H]1C[C@H](COS(N)(=O)=O)[C@@H](O)[C@@H]1F. The van der Waals surface area contributed by atoms with Gasteiger partial charge in [0.05, 0.1) is 24.3 Å². The first-order valence-electron chi connectivity index (χ1n) is 11.0. The molecule has 1 fully saturated rings. The van der Waals surface area contributed by atoms with Crippen LogP contribution in [-0.4, -0.2) is 58.8 Å². The van der Waals surface area contributed by atoms with E-state index in [-0.39, 0.29) is 23.6 Å². The third-order valence-electron chi connectivity index (χ3n) is 6.05. The normalized spacial score (nSPS) is 22.0. The summed E-state index contributed by atoms with van der Waals surface area (Å²) in [6.45, 7) is 1.93. The molecule has 1 aromatic carbocycles. The van der Waals surface area contributed by atoms with Crippen molar-refractivity contribution in [2.75, 3.05) is 11.9 Å². The highest BCUT2D eigenvalue weighted by atomic mass is 79.9. The Kier molecular flexibility index (Phi) is 7.85. The van der Waals surface area contributed by atoms with E-state index in [1.165, 1.54) is 12.5 Å². The largest absolute Gasteiger partial charge is 0.390 e. The summed E-state index contributed by atoms with van der Waals surface area (Å²) in [6, 6.07) is 6.92. The zero-order valence-electron chi connectivity index (χ0n) is 19.2. The zero-order valence-corrected chi connectivity index (χ0v) is 21.6. The van der Waals surface area contributed by atoms with Crippen molar-refractivity contribution in [2.45, 2.75) is 38.2 Å². The number of nitrogens with two attached hydrogens (primary N) is 1. The predicted octanol–water partition coefficient (Wildman–Crippen LogP) is 2.35. The molecule has 0 amide bonds. The highest BCUT2D eigenvalue weighted by Crippen LogP contribution is 2.32. The summed E-state index contributed by atoms with van der Waals surface area (Å²) in [5.41, 5.74) is 2.40. The highest BCUT2D eigenvalue weighted by molar-refractivity contribution is 9.10. The highest BCUT2D eigenvalue weighted by Gasteiger charge is 2.44. The zero-order chi connectivity index (χ0) is 26.0. The van der Waals surface area contributed by atoms with E-state index in [0.29, 0.717) is 12.1 Å². The molecule has 1 aliphatic carbocycles. The molecule has 4 N–H and O–H groups in total. The lowest BCUT2D eigenvalue weighted by atomic mass is 10.0. The Balaban J connectivity index is 1.51. The lowest BCUT2D eigenvalue weighted by molar-refractivity contribution is 0.0501. The Bertz CT molecular complexity index is 1370. The summed E-state index contributed by atoms with van der Waals surface area (Å²) in [5, 5.41) is 17.9. The van der Waals surface area contributed by atoms with Crippen molar-refractivity contribution in [1.82, 2.24) is 14.5 Å². The molecule has 3 aromatic rings. The van der Waals surface area contributed by atoms with Crippen LogP contribution in [0.5, 0.6) is 0 Å². The van der Waals surface area contributed by atoms with Gasteiger partial charge in [-0.3, -0.25) is 8.98 Å². The third kappa shape index (κ3) is 6.16. The number of hydrogen-bond donors (Lipinski definition) is 3. The maximum Gasteiger partial charge on any atom is 0.333 e. The molecule has 0 saturated heterocycles. The van der Waals surface area contributed by atoms with Gasteiger partial charge in [-0.15, -0.1) is 0 Å². The van der Waals surface area contributed by atoms with E-state index in [1.807, 2.05) is 42.0 Å². The summed E-state index contributed by atoms with van der Waals surface area (Å²) in [5.74, 6) is -1.04. The standard InChI is InChI=1S/C23H25BrFN5O5S/c1-13-8-30(9-14-3-2-4-16(24)5-14)10-18(13)22(32)17-7-27-12-28-23(17)29-19-6-15(21(31)20(19)25)11-35-36(26,33)34/h2-5,7-8,10,12,15,19-21,31H,6,9,11H2,1H3,(H2,26,33,34)(H,27,28,29)/t15-,19-,20-,21-/m1/s1. The molecule has 192 valence electrons. The molecule has 0 unspecified atom stereocenters. The third-order valence-corrected chi connectivity index (χ3v) is 7.01. The van der Waals surface area contributed by atoms with E-state index in [4.69, 9.17) is 5.14 Å². The van der Waals surface area contributed by atoms with Crippen LogP contribution in [0.15, 0.2) is 53.7 Å². The summed E-state index contributed by atoms with van der Waals surface area (Å²) in [7, 11) is -4.23. The molecular formula is C23H25BrFN5O5S. The number of aliphatic hydroxyl groups is 1. The molecule has 0 radical (unpaired) electrons. The van der Waals surface area contributed by atoms with E-state index < -0.39 is 41.1 Å². The Morgan fingerprint density at radius 1 is 1.36 bits per heavy atom. The van der Waals surface area contributed by atoms with Crippen LogP contribution < -0.4 is 10.5 Å². The topological polar surface area (TPSA) is 149 Å². The van der Waals surface area contributed by atoms with E-state index >= 15 is 0 Å². The Hall–Kier alpha value is -2.71. The number of ketones is 1. The van der Waals surface area contributed by atoms with E-state index in [0.717, 1.165) is 15.6 Å². The van der Waals surface area contributed by atoms with Crippen molar-refractivity contribution in [2.24, 2.45) is 11.1 Å². The van der Waals surface area contributed by atoms with Crippen molar-refractivity contribution in [3.8, 4) is 0 Å². The van der Waals surface area contributed by atoms with Crippen LogP contribution in [0.2, 0.25) is 0 Å². The monoisotopic (exact) mass is 581 g/mol. The van der Waals surface area contributed by atoms with E-state index in [2.05, 4.69) is 35.4 Å². The average molecular weight is 582 g/mol. The minimum Gasteiger partial charge on any atom is -0.390 e. The molecular weight excluding hydrogens is 557 g/mol. The number of nitrogens with zero attached hydrogens (tertiary/aromatic N) is 3. The molecule has 13 heteroatoms. The average Bonchev–Trinajstić information content (AvgIpc) is 3.31. The first-order chi connectivity index (χ1) is 17.0. The van der Waals surface area contributed by atoms with Crippen molar-refractivity contribution < 1.29 is 26.9 Å². The molecule has 2 aromatic heterocycles.